The van der Waals surface area contributed by atoms with Crippen LogP contribution in [0, 0.1) is 52.3 Å². The SMILES string of the molecule is CC[C@H]1C(=O)C2C3CC[C@H]([C@H](C)CCC(=O)OC)[C@@]3(C)CC(=O)C2[C@@]2(C)CC[C@@H](OC(C)O)C[C@@H]12. The van der Waals surface area contributed by atoms with Crippen molar-refractivity contribution in [1.29, 1.82) is 0 Å². The molecule has 0 radical (unpaired) electrons. The van der Waals surface area contributed by atoms with Gasteiger partial charge in [0.1, 0.15) is 11.6 Å². The lowest BCUT2D eigenvalue weighted by Gasteiger charge is -2.61. The molecule has 4 aliphatic rings. The minimum absolute atomic E-state index is 0.0485. The number of hydrogen-bond acceptors (Lipinski definition) is 6. The zero-order valence-corrected chi connectivity index (χ0v) is 22.5. The van der Waals surface area contributed by atoms with E-state index >= 15 is 0 Å². The van der Waals surface area contributed by atoms with Crippen molar-refractivity contribution >= 4 is 17.5 Å². The molecule has 0 spiro atoms. The lowest BCUT2D eigenvalue weighted by Crippen LogP contribution is -2.63. The minimum Gasteiger partial charge on any atom is -0.469 e. The van der Waals surface area contributed by atoms with Crippen LogP contribution in [0.4, 0.5) is 0 Å². The van der Waals surface area contributed by atoms with Crippen LogP contribution >= 0.6 is 0 Å². The summed E-state index contributed by atoms with van der Waals surface area (Å²) in [6, 6.07) is 0. The molecule has 0 aromatic heterocycles. The Morgan fingerprint density at radius 1 is 1.11 bits per heavy atom. The number of aliphatic hydroxyl groups excluding tert-OH is 1. The number of Topliss-reactive ketones (excluding diaryl/α,β-unsaturated/α-hetero) is 2. The molecular weight excluding hydrogens is 444 g/mol. The summed E-state index contributed by atoms with van der Waals surface area (Å²) in [5.74, 6) is 1.00. The molecule has 0 aliphatic heterocycles. The van der Waals surface area contributed by atoms with Crippen LogP contribution in [0.1, 0.15) is 92.4 Å². The normalized spacial score (nSPS) is 44.7. The van der Waals surface area contributed by atoms with Gasteiger partial charge in [0, 0.05) is 30.6 Å². The molecule has 0 aromatic carbocycles. The molecule has 0 heterocycles. The number of ketones is 2. The van der Waals surface area contributed by atoms with Gasteiger partial charge >= 0.3 is 5.97 Å². The molecule has 0 saturated heterocycles. The molecule has 0 aromatic rings. The summed E-state index contributed by atoms with van der Waals surface area (Å²) < 4.78 is 10.6. The van der Waals surface area contributed by atoms with Gasteiger partial charge in [0.25, 0.3) is 0 Å². The molecule has 4 rings (SSSR count). The molecule has 4 unspecified atom stereocenters. The molecule has 0 amide bonds. The van der Waals surface area contributed by atoms with Crippen LogP contribution in [-0.2, 0) is 23.9 Å². The molecular formula is C29H46O6. The van der Waals surface area contributed by atoms with E-state index in [1.54, 1.807) is 6.92 Å². The number of hydrogen-bond donors (Lipinski definition) is 1. The van der Waals surface area contributed by atoms with E-state index in [1.165, 1.54) is 7.11 Å². The fraction of sp³-hybridized carbons (Fsp3) is 0.897. The van der Waals surface area contributed by atoms with Crippen molar-refractivity contribution in [2.75, 3.05) is 7.11 Å². The van der Waals surface area contributed by atoms with E-state index in [4.69, 9.17) is 9.47 Å². The monoisotopic (exact) mass is 490 g/mol. The zero-order valence-electron chi connectivity index (χ0n) is 22.5. The number of fused-ring (bicyclic) bond motifs is 5. The van der Waals surface area contributed by atoms with Gasteiger partial charge < -0.3 is 14.6 Å². The molecule has 6 nitrogen and oxygen atoms in total. The largest absolute Gasteiger partial charge is 0.469 e. The van der Waals surface area contributed by atoms with Crippen molar-refractivity contribution in [3.8, 4) is 0 Å². The van der Waals surface area contributed by atoms with E-state index < -0.39 is 6.29 Å². The summed E-state index contributed by atoms with van der Waals surface area (Å²) in [6.07, 6.45) is 6.10. The second-order valence-corrected chi connectivity index (χ2v) is 12.7. The highest BCUT2D eigenvalue weighted by Gasteiger charge is 2.67. The third-order valence-corrected chi connectivity index (χ3v) is 11.0. The van der Waals surface area contributed by atoms with E-state index in [9.17, 15) is 19.5 Å². The molecule has 4 saturated carbocycles. The zero-order chi connectivity index (χ0) is 25.7. The first-order valence-corrected chi connectivity index (χ1v) is 13.9. The van der Waals surface area contributed by atoms with Gasteiger partial charge in [0.2, 0.25) is 0 Å². The maximum atomic E-state index is 14.2. The highest BCUT2D eigenvalue weighted by molar-refractivity contribution is 5.95. The molecule has 6 heteroatoms. The first-order chi connectivity index (χ1) is 16.5. The molecule has 35 heavy (non-hydrogen) atoms. The van der Waals surface area contributed by atoms with Crippen molar-refractivity contribution in [2.45, 2.75) is 105 Å². The average molecular weight is 491 g/mol. The van der Waals surface area contributed by atoms with Gasteiger partial charge in [-0.15, -0.1) is 0 Å². The number of rotatable bonds is 7. The third kappa shape index (κ3) is 4.41. The molecule has 0 bridgehead atoms. The first-order valence-electron chi connectivity index (χ1n) is 13.9. The maximum Gasteiger partial charge on any atom is 0.305 e. The molecule has 198 valence electrons. The number of esters is 1. The van der Waals surface area contributed by atoms with Gasteiger partial charge in [0.05, 0.1) is 13.2 Å². The highest BCUT2D eigenvalue weighted by Crippen LogP contribution is 2.67. The summed E-state index contributed by atoms with van der Waals surface area (Å²) in [5, 5.41) is 9.78. The maximum absolute atomic E-state index is 14.2. The first kappa shape index (κ1) is 26.8. The van der Waals surface area contributed by atoms with Crippen LogP contribution in [0.15, 0.2) is 0 Å². The third-order valence-electron chi connectivity index (χ3n) is 11.0. The number of ether oxygens (including phenoxy) is 2. The Hall–Kier alpha value is -1.27. The van der Waals surface area contributed by atoms with E-state index in [0.29, 0.717) is 30.5 Å². The van der Waals surface area contributed by atoms with Crippen LogP contribution in [-0.4, -0.2) is 42.1 Å². The second-order valence-electron chi connectivity index (χ2n) is 12.7. The number of carbonyl (C=O) groups excluding carboxylic acids is 3. The smallest absolute Gasteiger partial charge is 0.305 e. The lowest BCUT2D eigenvalue weighted by atomic mass is 9.41. The van der Waals surface area contributed by atoms with Gasteiger partial charge in [-0.25, -0.2) is 0 Å². The van der Waals surface area contributed by atoms with Gasteiger partial charge in [-0.1, -0.05) is 27.7 Å². The second kappa shape index (κ2) is 9.89. The van der Waals surface area contributed by atoms with Crippen LogP contribution in [0.5, 0.6) is 0 Å². The number of carbonyl (C=O) groups is 3. The van der Waals surface area contributed by atoms with E-state index in [1.807, 2.05) is 0 Å². The Balaban J connectivity index is 1.62. The quantitative estimate of drug-likeness (QED) is 0.401. The van der Waals surface area contributed by atoms with Crippen LogP contribution in [0.3, 0.4) is 0 Å². The van der Waals surface area contributed by atoms with Crippen molar-refractivity contribution < 1.29 is 29.0 Å². The predicted molar refractivity (Wildman–Crippen MR) is 132 cm³/mol. The molecule has 11 atom stereocenters. The number of aliphatic hydroxyl groups is 1. The summed E-state index contributed by atoms with van der Waals surface area (Å²) in [4.78, 5) is 39.9. The predicted octanol–water partition coefficient (Wildman–Crippen LogP) is 4.95. The van der Waals surface area contributed by atoms with Gasteiger partial charge in [0.15, 0.2) is 6.29 Å². The Labute approximate surface area is 210 Å². The van der Waals surface area contributed by atoms with Crippen molar-refractivity contribution in [2.24, 2.45) is 52.3 Å². The van der Waals surface area contributed by atoms with Crippen LogP contribution in [0.25, 0.3) is 0 Å². The fourth-order valence-corrected chi connectivity index (χ4v) is 9.46. The molecule has 4 aliphatic carbocycles. The van der Waals surface area contributed by atoms with Crippen molar-refractivity contribution in [3.05, 3.63) is 0 Å². The Bertz CT molecular complexity index is 837. The minimum atomic E-state index is -0.815. The van der Waals surface area contributed by atoms with Crippen LogP contribution < -0.4 is 0 Å². The van der Waals surface area contributed by atoms with Crippen LogP contribution in [0.2, 0.25) is 0 Å². The summed E-state index contributed by atoms with van der Waals surface area (Å²) >= 11 is 0. The standard InChI is InChI=1S/C29H46O6/c1-7-19-22-14-18(35-17(3)30)12-13-28(22,4)26-23(31)15-29(5)20(16(2)8-11-24(32)34-6)9-10-21(29)25(26)27(19)33/h16-22,25-26,30H,7-15H2,1-6H3/t16-,17?,18-,19-,20-,21?,22+,25?,26?,28+,29-/m1/s1. The topological polar surface area (TPSA) is 89.9 Å². The Morgan fingerprint density at radius 2 is 1.83 bits per heavy atom. The van der Waals surface area contributed by atoms with Gasteiger partial charge in [-0.05, 0) is 86.4 Å². The van der Waals surface area contributed by atoms with Crippen molar-refractivity contribution in [1.82, 2.24) is 0 Å². The summed E-state index contributed by atoms with van der Waals surface area (Å²) in [5.41, 5.74) is -0.373. The summed E-state index contributed by atoms with van der Waals surface area (Å²) in [7, 11) is 1.43. The van der Waals surface area contributed by atoms with E-state index in [-0.39, 0.29) is 58.3 Å². The van der Waals surface area contributed by atoms with Gasteiger partial charge in [-0.2, -0.15) is 0 Å². The number of methoxy groups -OCH3 is 1. The average Bonchev–Trinajstić information content (AvgIpc) is 3.14. The molecule has 4 fully saturated rings. The summed E-state index contributed by atoms with van der Waals surface area (Å²) in [6.45, 7) is 10.5. The van der Waals surface area contributed by atoms with E-state index in [2.05, 4.69) is 27.7 Å². The lowest BCUT2D eigenvalue weighted by molar-refractivity contribution is -0.192. The highest BCUT2D eigenvalue weighted by atomic mass is 16.6. The Kier molecular flexibility index (Phi) is 7.57. The fourth-order valence-electron chi connectivity index (χ4n) is 9.46. The molecule has 1 N–H and O–H groups in total. The Morgan fingerprint density at radius 3 is 2.46 bits per heavy atom. The van der Waals surface area contributed by atoms with E-state index in [0.717, 1.165) is 44.9 Å². The van der Waals surface area contributed by atoms with Crippen molar-refractivity contribution in [3.63, 3.8) is 0 Å². The van der Waals surface area contributed by atoms with Gasteiger partial charge in [-0.3, -0.25) is 14.4 Å².